The van der Waals surface area contributed by atoms with E-state index in [1.807, 2.05) is 103 Å². The van der Waals surface area contributed by atoms with Crippen LogP contribution in [0, 0.1) is 0 Å². The first-order valence-corrected chi connectivity index (χ1v) is 10.5. The van der Waals surface area contributed by atoms with Crippen molar-refractivity contribution in [3.63, 3.8) is 0 Å². The van der Waals surface area contributed by atoms with E-state index in [2.05, 4.69) is 5.32 Å². The lowest BCUT2D eigenvalue weighted by Crippen LogP contribution is -2.48. The maximum atomic E-state index is 13.1. The highest BCUT2D eigenvalue weighted by Gasteiger charge is 2.31. The normalized spacial score (nSPS) is 11.7. The number of hydrogen-bond acceptors (Lipinski definition) is 2. The third kappa shape index (κ3) is 4.76. The number of nitrogens with two attached hydrogens (primary N) is 1. The van der Waals surface area contributed by atoms with E-state index in [9.17, 15) is 9.59 Å². The molecule has 3 N–H and O–H groups in total. The average molecular weight is 421 g/mol. The lowest BCUT2D eigenvalue weighted by atomic mass is 9.84. The summed E-state index contributed by atoms with van der Waals surface area (Å²) in [6.45, 7) is 0. The molecule has 0 saturated heterocycles. The van der Waals surface area contributed by atoms with Crippen molar-refractivity contribution in [1.29, 1.82) is 0 Å². The van der Waals surface area contributed by atoms with Crippen molar-refractivity contribution in [2.75, 3.05) is 0 Å². The van der Waals surface area contributed by atoms with Crippen LogP contribution in [0.3, 0.4) is 0 Å². The fourth-order valence-corrected chi connectivity index (χ4v) is 3.89. The number of nitrogens with one attached hydrogen (secondary N) is 1. The quantitative estimate of drug-likeness (QED) is 0.452. The van der Waals surface area contributed by atoms with E-state index in [4.69, 9.17) is 5.73 Å². The number of primary amides is 1. The number of hydrogen-bond donors (Lipinski definition) is 2. The van der Waals surface area contributed by atoms with Gasteiger partial charge in [0.25, 0.3) is 5.91 Å². The van der Waals surface area contributed by atoms with Gasteiger partial charge in [-0.1, -0.05) is 103 Å². The summed E-state index contributed by atoms with van der Waals surface area (Å²) in [6, 6.07) is 35.6. The van der Waals surface area contributed by atoms with Crippen LogP contribution in [0.5, 0.6) is 0 Å². The zero-order valence-corrected chi connectivity index (χ0v) is 17.5. The Bertz CT molecular complexity index is 1140. The SMILES string of the molecule is NC(=O)[C@@H](NC(=O)c1ccc(-c2ccccc2)cc1)C(c1ccccc1)c1ccccc1. The number of carbonyl (C=O) groups excluding carboxylic acids is 2. The zero-order chi connectivity index (χ0) is 22.3. The molecule has 4 aromatic rings. The van der Waals surface area contributed by atoms with Crippen LogP contribution in [0.4, 0.5) is 0 Å². The van der Waals surface area contributed by atoms with Crippen LogP contribution < -0.4 is 11.1 Å². The predicted octanol–water partition coefficient (Wildman–Crippen LogP) is 4.77. The molecule has 0 fully saturated rings. The highest BCUT2D eigenvalue weighted by Crippen LogP contribution is 2.28. The van der Waals surface area contributed by atoms with Crippen LogP contribution in [-0.2, 0) is 4.79 Å². The molecule has 1 atom stereocenters. The van der Waals surface area contributed by atoms with Crippen LogP contribution in [0.2, 0.25) is 0 Å². The van der Waals surface area contributed by atoms with Crippen molar-refractivity contribution in [2.45, 2.75) is 12.0 Å². The van der Waals surface area contributed by atoms with E-state index in [1.54, 1.807) is 12.1 Å². The summed E-state index contributed by atoms with van der Waals surface area (Å²) in [7, 11) is 0. The van der Waals surface area contributed by atoms with Gasteiger partial charge in [-0.2, -0.15) is 0 Å². The Balaban J connectivity index is 1.62. The molecule has 158 valence electrons. The van der Waals surface area contributed by atoms with Gasteiger partial charge in [-0.15, -0.1) is 0 Å². The molecule has 0 aliphatic carbocycles. The third-order valence-corrected chi connectivity index (χ3v) is 5.50. The smallest absolute Gasteiger partial charge is 0.251 e. The molecular formula is C28H24N2O2. The molecule has 4 rings (SSSR count). The third-order valence-electron chi connectivity index (χ3n) is 5.50. The zero-order valence-electron chi connectivity index (χ0n) is 17.5. The molecule has 0 heterocycles. The highest BCUT2D eigenvalue weighted by molar-refractivity contribution is 5.98. The van der Waals surface area contributed by atoms with Crippen LogP contribution >= 0.6 is 0 Å². The van der Waals surface area contributed by atoms with Crippen molar-refractivity contribution in [3.05, 3.63) is 132 Å². The van der Waals surface area contributed by atoms with Gasteiger partial charge < -0.3 is 11.1 Å². The Morgan fingerprint density at radius 2 is 1.03 bits per heavy atom. The van der Waals surface area contributed by atoms with Crippen LogP contribution in [0.15, 0.2) is 115 Å². The van der Waals surface area contributed by atoms with Crippen molar-refractivity contribution < 1.29 is 9.59 Å². The maximum Gasteiger partial charge on any atom is 0.251 e. The number of rotatable bonds is 7. The average Bonchev–Trinajstić information content (AvgIpc) is 2.85. The van der Waals surface area contributed by atoms with Gasteiger partial charge in [-0.25, -0.2) is 0 Å². The van der Waals surface area contributed by atoms with Gasteiger partial charge in [0, 0.05) is 11.5 Å². The summed E-state index contributed by atoms with van der Waals surface area (Å²) in [5.41, 5.74) is 10.1. The van der Waals surface area contributed by atoms with Crippen molar-refractivity contribution in [3.8, 4) is 11.1 Å². The van der Waals surface area contributed by atoms with Gasteiger partial charge >= 0.3 is 0 Å². The van der Waals surface area contributed by atoms with Gasteiger partial charge in [0.05, 0.1) is 0 Å². The Hall–Kier alpha value is -4.18. The lowest BCUT2D eigenvalue weighted by molar-refractivity contribution is -0.120. The largest absolute Gasteiger partial charge is 0.368 e. The second kappa shape index (κ2) is 9.75. The molecule has 32 heavy (non-hydrogen) atoms. The summed E-state index contributed by atoms with van der Waals surface area (Å²) in [4.78, 5) is 25.6. The van der Waals surface area contributed by atoms with Gasteiger partial charge in [0.15, 0.2) is 0 Å². The van der Waals surface area contributed by atoms with Crippen LogP contribution in [0.1, 0.15) is 27.4 Å². The first-order chi connectivity index (χ1) is 15.6. The molecule has 0 saturated carbocycles. The van der Waals surface area contributed by atoms with Gasteiger partial charge in [-0.05, 0) is 34.4 Å². The van der Waals surface area contributed by atoms with E-state index in [0.717, 1.165) is 22.3 Å². The Morgan fingerprint density at radius 1 is 0.594 bits per heavy atom. The molecule has 0 bridgehead atoms. The van der Waals surface area contributed by atoms with Crippen LogP contribution in [0.25, 0.3) is 11.1 Å². The standard InChI is InChI=1S/C28H24N2O2/c29-27(31)26(25(22-12-6-2-7-13-22)23-14-8-3-9-15-23)30-28(32)24-18-16-21(17-19-24)20-10-4-1-5-11-20/h1-19,25-26H,(H2,29,31)(H,30,32)/t26-/m0/s1. The van der Waals surface area contributed by atoms with Gasteiger partial charge in [0.1, 0.15) is 6.04 Å². The molecule has 4 nitrogen and oxygen atoms in total. The minimum Gasteiger partial charge on any atom is -0.368 e. The van der Waals surface area contributed by atoms with E-state index in [1.165, 1.54) is 0 Å². The first-order valence-electron chi connectivity index (χ1n) is 10.5. The molecule has 4 heteroatoms. The fraction of sp³-hybridized carbons (Fsp3) is 0.0714. The van der Waals surface area contributed by atoms with E-state index in [0.29, 0.717) is 5.56 Å². The van der Waals surface area contributed by atoms with Gasteiger partial charge in [-0.3, -0.25) is 9.59 Å². The van der Waals surface area contributed by atoms with E-state index >= 15 is 0 Å². The minimum atomic E-state index is -0.902. The fourth-order valence-electron chi connectivity index (χ4n) is 3.89. The van der Waals surface area contributed by atoms with E-state index < -0.39 is 17.9 Å². The molecule has 0 aliphatic heterocycles. The lowest BCUT2D eigenvalue weighted by Gasteiger charge is -2.27. The molecule has 4 aromatic carbocycles. The summed E-state index contributed by atoms with van der Waals surface area (Å²) in [6.07, 6.45) is 0. The van der Waals surface area contributed by atoms with Crippen molar-refractivity contribution in [1.82, 2.24) is 5.32 Å². The molecule has 0 aromatic heterocycles. The monoisotopic (exact) mass is 420 g/mol. The van der Waals surface area contributed by atoms with Crippen molar-refractivity contribution >= 4 is 11.8 Å². The van der Waals surface area contributed by atoms with Crippen molar-refractivity contribution in [2.24, 2.45) is 5.73 Å². The highest BCUT2D eigenvalue weighted by atomic mass is 16.2. The van der Waals surface area contributed by atoms with E-state index in [-0.39, 0.29) is 5.91 Å². The number of carbonyl (C=O) groups is 2. The topological polar surface area (TPSA) is 72.2 Å². The Morgan fingerprint density at radius 3 is 1.50 bits per heavy atom. The molecule has 0 aliphatic rings. The minimum absolute atomic E-state index is 0.342. The summed E-state index contributed by atoms with van der Waals surface area (Å²) in [5, 5.41) is 2.88. The Labute approximate surface area is 187 Å². The second-order valence-corrected chi connectivity index (χ2v) is 7.60. The maximum absolute atomic E-state index is 13.1. The second-order valence-electron chi connectivity index (χ2n) is 7.60. The molecule has 0 radical (unpaired) electrons. The Kier molecular flexibility index (Phi) is 6.42. The van der Waals surface area contributed by atoms with Crippen LogP contribution in [-0.4, -0.2) is 17.9 Å². The molecule has 0 spiro atoms. The first kappa shape index (κ1) is 21.1. The molecule has 2 amide bonds. The molecular weight excluding hydrogens is 396 g/mol. The summed E-state index contributed by atoms with van der Waals surface area (Å²) < 4.78 is 0. The number of amides is 2. The summed E-state index contributed by atoms with van der Waals surface area (Å²) >= 11 is 0. The number of benzene rings is 4. The molecule has 0 unspecified atom stereocenters. The van der Waals surface area contributed by atoms with Gasteiger partial charge in [0.2, 0.25) is 5.91 Å². The predicted molar refractivity (Wildman–Crippen MR) is 127 cm³/mol. The summed E-state index contributed by atoms with van der Waals surface area (Å²) in [5.74, 6) is -1.33.